The lowest BCUT2D eigenvalue weighted by atomic mass is 10.4. The maximum Gasteiger partial charge on any atom is 0.371 e. The van der Waals surface area contributed by atoms with E-state index in [1.54, 1.807) is 13.1 Å². The lowest BCUT2D eigenvalue weighted by Crippen LogP contribution is -2.30. The molecule has 0 bridgehead atoms. The lowest BCUT2D eigenvalue weighted by Gasteiger charge is -2.00. The summed E-state index contributed by atoms with van der Waals surface area (Å²) < 4.78 is 4.97. The second kappa shape index (κ2) is 5.16. The molecule has 15 heavy (non-hydrogen) atoms. The quantitative estimate of drug-likeness (QED) is 0.629. The van der Waals surface area contributed by atoms with Crippen LogP contribution in [0.3, 0.4) is 0 Å². The van der Waals surface area contributed by atoms with Gasteiger partial charge in [-0.15, -0.1) is 0 Å². The molecule has 0 spiro atoms. The van der Waals surface area contributed by atoms with Crippen molar-refractivity contribution in [3.8, 4) is 0 Å². The van der Waals surface area contributed by atoms with Gasteiger partial charge in [0.05, 0.1) is 13.1 Å². The van der Waals surface area contributed by atoms with E-state index in [1.165, 1.54) is 6.07 Å². The molecule has 0 fully saturated rings. The number of hydrogen-bond donors (Lipinski definition) is 3. The number of likely N-dealkylation sites (N-methyl/N-ethyl adjacent to an activating group) is 1. The molecule has 0 atom stereocenters. The summed E-state index contributed by atoms with van der Waals surface area (Å²) >= 11 is 0. The summed E-state index contributed by atoms with van der Waals surface area (Å²) in [4.78, 5) is 21.3. The van der Waals surface area contributed by atoms with E-state index in [9.17, 15) is 9.59 Å². The molecule has 0 aromatic carbocycles. The van der Waals surface area contributed by atoms with Crippen LogP contribution in [0.25, 0.3) is 0 Å². The highest BCUT2D eigenvalue weighted by atomic mass is 16.4. The van der Waals surface area contributed by atoms with Crippen LogP contribution in [0, 0.1) is 0 Å². The van der Waals surface area contributed by atoms with Crippen molar-refractivity contribution in [3.05, 3.63) is 23.7 Å². The molecular weight excluding hydrogens is 200 g/mol. The van der Waals surface area contributed by atoms with Crippen molar-refractivity contribution in [1.82, 2.24) is 10.6 Å². The number of aromatic carboxylic acids is 1. The van der Waals surface area contributed by atoms with E-state index < -0.39 is 5.97 Å². The van der Waals surface area contributed by atoms with Gasteiger partial charge in [0.2, 0.25) is 11.7 Å². The van der Waals surface area contributed by atoms with Crippen molar-refractivity contribution in [2.75, 3.05) is 13.6 Å². The minimum atomic E-state index is -1.10. The van der Waals surface area contributed by atoms with Gasteiger partial charge in [0.25, 0.3) is 0 Å². The molecule has 1 heterocycles. The van der Waals surface area contributed by atoms with Crippen molar-refractivity contribution in [3.63, 3.8) is 0 Å². The molecule has 82 valence electrons. The van der Waals surface area contributed by atoms with Crippen molar-refractivity contribution in [1.29, 1.82) is 0 Å². The topological polar surface area (TPSA) is 91.6 Å². The molecule has 3 N–H and O–H groups in total. The zero-order valence-corrected chi connectivity index (χ0v) is 8.24. The summed E-state index contributed by atoms with van der Waals surface area (Å²) in [5, 5.41) is 13.8. The van der Waals surface area contributed by atoms with E-state index >= 15 is 0 Å². The Balaban J connectivity index is 2.38. The first-order chi connectivity index (χ1) is 7.13. The Labute approximate surface area is 86.3 Å². The van der Waals surface area contributed by atoms with Crippen LogP contribution in [-0.2, 0) is 11.3 Å². The Morgan fingerprint density at radius 1 is 1.47 bits per heavy atom. The van der Waals surface area contributed by atoms with Gasteiger partial charge in [-0.25, -0.2) is 4.79 Å². The van der Waals surface area contributed by atoms with Crippen LogP contribution in [0.2, 0.25) is 0 Å². The summed E-state index contributed by atoms with van der Waals surface area (Å²) in [6.45, 7) is 0.486. The largest absolute Gasteiger partial charge is 0.475 e. The van der Waals surface area contributed by atoms with Crippen LogP contribution in [0.5, 0.6) is 0 Å². The highest BCUT2D eigenvalue weighted by molar-refractivity contribution is 5.84. The highest BCUT2D eigenvalue weighted by Gasteiger charge is 2.08. The Morgan fingerprint density at radius 3 is 2.73 bits per heavy atom. The standard InChI is InChI=1S/C9H12N2O4/c1-10-8(12)5-11-4-6-2-3-7(15-6)9(13)14/h2-3,11H,4-5H2,1H3,(H,10,12)(H,13,14). The molecular formula is C9H12N2O4. The van der Waals surface area contributed by atoms with Gasteiger partial charge in [-0.2, -0.15) is 0 Å². The fourth-order valence-electron chi connectivity index (χ4n) is 0.975. The Morgan fingerprint density at radius 2 is 2.20 bits per heavy atom. The number of carbonyl (C=O) groups excluding carboxylic acids is 1. The molecule has 1 rings (SSSR count). The molecule has 1 amide bonds. The maximum absolute atomic E-state index is 10.8. The van der Waals surface area contributed by atoms with Crippen LogP contribution in [-0.4, -0.2) is 30.6 Å². The zero-order valence-electron chi connectivity index (χ0n) is 8.24. The molecule has 6 heteroatoms. The van der Waals surface area contributed by atoms with Crippen LogP contribution in [0.1, 0.15) is 16.3 Å². The molecule has 0 saturated heterocycles. The summed E-state index contributed by atoms with van der Waals surface area (Å²) in [7, 11) is 1.54. The fourth-order valence-corrected chi connectivity index (χ4v) is 0.975. The lowest BCUT2D eigenvalue weighted by molar-refractivity contribution is -0.119. The molecule has 1 aromatic rings. The molecule has 0 aliphatic carbocycles. The number of nitrogens with one attached hydrogen (secondary N) is 2. The van der Waals surface area contributed by atoms with Gasteiger partial charge in [0, 0.05) is 7.05 Å². The van der Waals surface area contributed by atoms with E-state index in [1.807, 2.05) is 0 Å². The van der Waals surface area contributed by atoms with E-state index in [2.05, 4.69) is 10.6 Å². The van der Waals surface area contributed by atoms with E-state index in [-0.39, 0.29) is 18.2 Å². The summed E-state index contributed by atoms with van der Waals surface area (Å²) in [6.07, 6.45) is 0. The molecule has 1 aromatic heterocycles. The van der Waals surface area contributed by atoms with Crippen molar-refractivity contribution >= 4 is 11.9 Å². The van der Waals surface area contributed by atoms with Gasteiger partial charge in [0.1, 0.15) is 5.76 Å². The van der Waals surface area contributed by atoms with Gasteiger partial charge in [0.15, 0.2) is 0 Å². The van der Waals surface area contributed by atoms with Gasteiger partial charge < -0.3 is 20.2 Å². The number of hydrogen-bond acceptors (Lipinski definition) is 4. The number of carboxylic acids is 1. The van der Waals surface area contributed by atoms with Crippen molar-refractivity contribution in [2.24, 2.45) is 0 Å². The van der Waals surface area contributed by atoms with Gasteiger partial charge in [-0.3, -0.25) is 4.79 Å². The van der Waals surface area contributed by atoms with E-state index in [4.69, 9.17) is 9.52 Å². The number of rotatable bonds is 5. The number of amides is 1. The first-order valence-electron chi connectivity index (χ1n) is 4.37. The maximum atomic E-state index is 10.8. The number of carbonyl (C=O) groups is 2. The van der Waals surface area contributed by atoms with Gasteiger partial charge in [-0.1, -0.05) is 0 Å². The van der Waals surface area contributed by atoms with E-state index in [0.29, 0.717) is 12.3 Å². The Hall–Kier alpha value is -1.82. The average Bonchev–Trinajstić information content (AvgIpc) is 2.66. The van der Waals surface area contributed by atoms with Crippen LogP contribution >= 0.6 is 0 Å². The molecule has 6 nitrogen and oxygen atoms in total. The van der Waals surface area contributed by atoms with Crippen molar-refractivity contribution in [2.45, 2.75) is 6.54 Å². The van der Waals surface area contributed by atoms with Gasteiger partial charge in [-0.05, 0) is 12.1 Å². The van der Waals surface area contributed by atoms with Crippen molar-refractivity contribution < 1.29 is 19.1 Å². The first-order valence-corrected chi connectivity index (χ1v) is 4.37. The summed E-state index contributed by atoms with van der Waals surface area (Å²) in [5.74, 6) is -0.865. The number of carboxylic acid groups (broad SMARTS) is 1. The van der Waals surface area contributed by atoms with Crippen LogP contribution in [0.4, 0.5) is 0 Å². The molecule has 0 aliphatic rings. The number of furan rings is 1. The smallest absolute Gasteiger partial charge is 0.371 e. The predicted octanol–water partition coefficient (Wildman–Crippen LogP) is -0.187. The minimum Gasteiger partial charge on any atom is -0.475 e. The third-order valence-corrected chi connectivity index (χ3v) is 1.74. The molecule has 0 aliphatic heterocycles. The summed E-state index contributed by atoms with van der Waals surface area (Å²) in [6, 6.07) is 2.93. The monoisotopic (exact) mass is 212 g/mol. The Bertz CT molecular complexity index is 359. The molecule has 0 radical (unpaired) electrons. The van der Waals surface area contributed by atoms with E-state index in [0.717, 1.165) is 0 Å². The second-order valence-corrected chi connectivity index (χ2v) is 2.85. The second-order valence-electron chi connectivity index (χ2n) is 2.85. The fraction of sp³-hybridized carbons (Fsp3) is 0.333. The van der Waals surface area contributed by atoms with Crippen LogP contribution in [0.15, 0.2) is 16.5 Å². The average molecular weight is 212 g/mol. The molecule has 0 unspecified atom stereocenters. The van der Waals surface area contributed by atoms with Gasteiger partial charge >= 0.3 is 5.97 Å². The third kappa shape index (κ3) is 3.43. The minimum absolute atomic E-state index is 0.105. The Kier molecular flexibility index (Phi) is 3.87. The summed E-state index contributed by atoms with van der Waals surface area (Å²) in [5.41, 5.74) is 0. The normalized spacial score (nSPS) is 9.93. The van der Waals surface area contributed by atoms with Crippen LogP contribution < -0.4 is 10.6 Å². The first kappa shape index (κ1) is 11.3. The SMILES string of the molecule is CNC(=O)CNCc1ccc(C(=O)O)o1. The third-order valence-electron chi connectivity index (χ3n) is 1.74. The molecule has 0 saturated carbocycles. The highest BCUT2D eigenvalue weighted by Crippen LogP contribution is 2.06. The predicted molar refractivity (Wildman–Crippen MR) is 51.4 cm³/mol. The zero-order chi connectivity index (χ0) is 11.3.